The summed E-state index contributed by atoms with van der Waals surface area (Å²) in [5, 5.41) is 15.8. The van der Waals surface area contributed by atoms with Crippen LogP contribution >= 0.6 is 11.6 Å². The number of nitrogens with one attached hydrogen (secondary N) is 1. The lowest BCUT2D eigenvalue weighted by Crippen LogP contribution is -2.35. The molecule has 2 N–H and O–H groups in total. The molecule has 1 aromatic carbocycles. The molecule has 0 amide bonds. The summed E-state index contributed by atoms with van der Waals surface area (Å²) in [6, 6.07) is 8.06. The van der Waals surface area contributed by atoms with Crippen molar-refractivity contribution < 1.29 is 5.11 Å². The third-order valence-electron chi connectivity index (χ3n) is 5.44. The minimum absolute atomic E-state index is 0.262. The van der Waals surface area contributed by atoms with Gasteiger partial charge in [0.15, 0.2) is 0 Å². The third kappa shape index (κ3) is 3.97. The highest BCUT2D eigenvalue weighted by Gasteiger charge is 2.28. The second kappa shape index (κ2) is 8.28. The van der Waals surface area contributed by atoms with E-state index in [9.17, 15) is 5.11 Å². The molecule has 0 bridgehead atoms. The van der Waals surface area contributed by atoms with Crippen molar-refractivity contribution in [2.75, 3.05) is 25.0 Å². The maximum absolute atomic E-state index is 10.5. The lowest BCUT2D eigenvalue weighted by Gasteiger charge is -2.34. The van der Waals surface area contributed by atoms with Gasteiger partial charge >= 0.3 is 0 Å². The van der Waals surface area contributed by atoms with Crippen molar-refractivity contribution in [1.82, 2.24) is 9.88 Å². The molecule has 2 aromatic rings. The first kappa shape index (κ1) is 19.0. The van der Waals surface area contributed by atoms with Crippen molar-refractivity contribution >= 4 is 28.2 Å². The van der Waals surface area contributed by atoms with Crippen LogP contribution in [0.3, 0.4) is 0 Å². The number of nitrogens with zero attached hydrogens (tertiary/aromatic N) is 2. The Morgan fingerprint density at radius 2 is 2.00 bits per heavy atom. The Morgan fingerprint density at radius 3 is 2.73 bits per heavy atom. The van der Waals surface area contributed by atoms with Crippen LogP contribution in [0.1, 0.15) is 33.6 Å². The Bertz CT molecular complexity index is 796. The number of likely N-dealkylation sites (N-methyl/N-ethyl adjacent to an activating group) is 1. The number of fused-ring (bicyclic) bond motifs is 1. The third-order valence-corrected chi connectivity index (χ3v) is 5.76. The zero-order chi connectivity index (χ0) is 18.7. The minimum Gasteiger partial charge on any atom is -0.512 e. The highest BCUT2D eigenvalue weighted by atomic mass is 35.5. The number of aliphatic hydroxyl groups excluding tert-OH is 1. The van der Waals surface area contributed by atoms with E-state index < -0.39 is 0 Å². The monoisotopic (exact) mass is 373 g/mol. The molecule has 3 rings (SSSR count). The summed E-state index contributed by atoms with van der Waals surface area (Å²) >= 11 is 6.44. The second-order valence-electron chi connectivity index (χ2n) is 7.14. The summed E-state index contributed by atoms with van der Waals surface area (Å²) in [5.41, 5.74) is 3.06. The van der Waals surface area contributed by atoms with Crippen LogP contribution in [0.2, 0.25) is 5.02 Å². The second-order valence-corrected chi connectivity index (χ2v) is 7.55. The molecule has 140 valence electrons. The van der Waals surface area contributed by atoms with Crippen LogP contribution in [0, 0.1) is 5.92 Å². The molecule has 2 unspecified atom stereocenters. The van der Waals surface area contributed by atoms with Gasteiger partial charge in [-0.3, -0.25) is 9.88 Å². The highest BCUT2D eigenvalue weighted by molar-refractivity contribution is 6.36. The average molecular weight is 374 g/mol. The summed E-state index contributed by atoms with van der Waals surface area (Å²) < 4.78 is 0. The molecule has 4 nitrogen and oxygen atoms in total. The number of aromatic nitrogens is 1. The molecular weight excluding hydrogens is 346 g/mol. The predicted octanol–water partition coefficient (Wildman–Crippen LogP) is 5.25. The van der Waals surface area contributed by atoms with Gasteiger partial charge in [0.25, 0.3) is 0 Å². The zero-order valence-electron chi connectivity index (χ0n) is 15.8. The number of rotatable bonds is 6. The summed E-state index contributed by atoms with van der Waals surface area (Å²) in [7, 11) is 0. The van der Waals surface area contributed by atoms with E-state index in [1.54, 1.807) is 0 Å². The summed E-state index contributed by atoms with van der Waals surface area (Å²) in [6.07, 6.45) is 3.38. The molecule has 0 radical (unpaired) electrons. The van der Waals surface area contributed by atoms with E-state index in [0.717, 1.165) is 48.2 Å². The number of benzene rings is 1. The van der Waals surface area contributed by atoms with Gasteiger partial charge in [-0.15, -0.1) is 0 Å². The highest BCUT2D eigenvalue weighted by Crippen LogP contribution is 2.34. The van der Waals surface area contributed by atoms with Crippen LogP contribution in [0.25, 0.3) is 10.9 Å². The van der Waals surface area contributed by atoms with E-state index in [-0.39, 0.29) is 6.04 Å². The van der Waals surface area contributed by atoms with Gasteiger partial charge in [-0.2, -0.15) is 0 Å². The molecule has 1 heterocycles. The van der Waals surface area contributed by atoms with Gasteiger partial charge in [0, 0.05) is 36.3 Å². The number of aliphatic hydroxyl groups is 1. The van der Waals surface area contributed by atoms with Crippen molar-refractivity contribution in [3.8, 4) is 0 Å². The van der Waals surface area contributed by atoms with E-state index in [1.165, 1.54) is 0 Å². The van der Waals surface area contributed by atoms with E-state index in [0.29, 0.717) is 23.1 Å². The Balaban J connectivity index is 1.84. The molecule has 0 aliphatic heterocycles. The molecule has 1 aromatic heterocycles. The molecule has 26 heavy (non-hydrogen) atoms. The number of halogens is 1. The van der Waals surface area contributed by atoms with E-state index >= 15 is 0 Å². The van der Waals surface area contributed by atoms with Gasteiger partial charge < -0.3 is 10.4 Å². The van der Waals surface area contributed by atoms with Gasteiger partial charge in [0.2, 0.25) is 0 Å². The van der Waals surface area contributed by atoms with Gasteiger partial charge in [0.05, 0.1) is 16.3 Å². The maximum Gasteiger partial charge on any atom is 0.0931 e. The minimum atomic E-state index is 0.262. The Morgan fingerprint density at radius 1 is 1.23 bits per heavy atom. The number of anilines is 1. The van der Waals surface area contributed by atoms with E-state index in [2.05, 4.69) is 36.0 Å². The number of allylic oxidation sites excluding steroid dienone is 1. The van der Waals surface area contributed by atoms with Crippen molar-refractivity contribution in [3.63, 3.8) is 0 Å². The molecule has 0 fully saturated rings. The topological polar surface area (TPSA) is 48.4 Å². The summed E-state index contributed by atoms with van der Waals surface area (Å²) in [5.74, 6) is 0.918. The van der Waals surface area contributed by atoms with Crippen molar-refractivity contribution in [2.24, 2.45) is 5.92 Å². The van der Waals surface area contributed by atoms with Crippen molar-refractivity contribution in [2.45, 2.75) is 39.7 Å². The first-order valence-electron chi connectivity index (χ1n) is 9.45. The standard InChI is InChI=1S/C21H28ClN3O/c1-4-25(5-2)13-15-12-19(14(3)11-20(15)26)24-18-9-10-23-17-8-6-7-16(22)21(17)18/h6-10,14,19,26H,4-5,11-13H2,1-3H3,(H,23,24). The first-order chi connectivity index (χ1) is 12.5. The molecule has 1 aliphatic carbocycles. The fraction of sp³-hybridized carbons (Fsp3) is 0.476. The molecule has 0 saturated carbocycles. The summed E-state index contributed by atoms with van der Waals surface area (Å²) in [6.45, 7) is 9.33. The molecule has 5 heteroatoms. The number of hydrogen-bond acceptors (Lipinski definition) is 4. The SMILES string of the molecule is CCN(CC)CC1=C(O)CC(C)C(Nc2ccnc3cccc(Cl)c23)C1. The van der Waals surface area contributed by atoms with Gasteiger partial charge in [-0.1, -0.05) is 38.4 Å². The normalized spacial score (nSPS) is 20.8. The van der Waals surface area contributed by atoms with Crippen LogP contribution in [0.4, 0.5) is 5.69 Å². The number of hydrogen-bond donors (Lipinski definition) is 2. The Labute approximate surface area is 160 Å². The lowest BCUT2D eigenvalue weighted by molar-refractivity contribution is 0.274. The largest absolute Gasteiger partial charge is 0.512 e. The maximum atomic E-state index is 10.5. The fourth-order valence-corrected chi connectivity index (χ4v) is 4.00. The molecule has 0 spiro atoms. The quantitative estimate of drug-likeness (QED) is 0.725. The molecular formula is C21H28ClN3O. The summed E-state index contributed by atoms with van der Waals surface area (Å²) in [4.78, 5) is 6.77. The van der Waals surface area contributed by atoms with Gasteiger partial charge in [-0.05, 0) is 49.2 Å². The Kier molecular flexibility index (Phi) is 6.05. The van der Waals surface area contributed by atoms with Crippen LogP contribution in [-0.4, -0.2) is 40.7 Å². The van der Waals surface area contributed by atoms with Crippen LogP contribution in [0.5, 0.6) is 0 Å². The number of pyridine rings is 1. The molecule has 2 atom stereocenters. The smallest absolute Gasteiger partial charge is 0.0931 e. The van der Waals surface area contributed by atoms with E-state index in [4.69, 9.17) is 11.6 Å². The van der Waals surface area contributed by atoms with Crippen LogP contribution < -0.4 is 5.32 Å². The zero-order valence-corrected chi connectivity index (χ0v) is 16.6. The average Bonchev–Trinajstić information content (AvgIpc) is 2.63. The van der Waals surface area contributed by atoms with Crippen molar-refractivity contribution in [1.29, 1.82) is 0 Å². The Hall–Kier alpha value is -1.78. The van der Waals surface area contributed by atoms with Crippen LogP contribution in [0.15, 0.2) is 41.8 Å². The molecule has 0 saturated heterocycles. The van der Waals surface area contributed by atoms with E-state index in [1.807, 2.05) is 30.5 Å². The van der Waals surface area contributed by atoms with Crippen molar-refractivity contribution in [3.05, 3.63) is 46.8 Å². The molecule has 1 aliphatic rings. The van der Waals surface area contributed by atoms with Crippen LogP contribution in [-0.2, 0) is 0 Å². The lowest BCUT2D eigenvalue weighted by atomic mass is 9.84. The van der Waals surface area contributed by atoms with Gasteiger partial charge in [-0.25, -0.2) is 0 Å². The van der Waals surface area contributed by atoms with Gasteiger partial charge in [0.1, 0.15) is 0 Å². The predicted molar refractivity (Wildman–Crippen MR) is 110 cm³/mol. The first-order valence-corrected chi connectivity index (χ1v) is 9.83. The fourth-order valence-electron chi connectivity index (χ4n) is 3.72.